The van der Waals surface area contributed by atoms with Gasteiger partial charge in [-0.2, -0.15) is 0 Å². The first kappa shape index (κ1) is 27.0. The van der Waals surface area contributed by atoms with Crippen molar-refractivity contribution in [3.05, 3.63) is 41.5 Å². The van der Waals surface area contributed by atoms with Gasteiger partial charge >= 0.3 is 0 Å². The van der Waals surface area contributed by atoms with Crippen LogP contribution in [0.25, 0.3) is 0 Å². The molecule has 1 saturated heterocycles. The summed E-state index contributed by atoms with van der Waals surface area (Å²) in [6.45, 7) is 5.33. The quantitative estimate of drug-likeness (QED) is 0.464. The molecule has 3 atom stereocenters. The Morgan fingerprint density at radius 3 is 2.59 bits per heavy atom. The van der Waals surface area contributed by atoms with E-state index in [1.54, 1.807) is 6.20 Å². The Bertz CT molecular complexity index is 1290. The van der Waals surface area contributed by atoms with Gasteiger partial charge in [-0.1, -0.05) is 32.1 Å². The third kappa shape index (κ3) is 6.27. The topological polar surface area (TPSA) is 147 Å². The van der Waals surface area contributed by atoms with E-state index in [1.165, 1.54) is 21.7 Å². The molecule has 1 saturated carbocycles. The number of aromatic nitrogens is 3. The maximum Gasteiger partial charge on any atom is 0.248 e. The molecule has 1 aromatic carbocycles. The maximum atomic E-state index is 14.5. The number of aliphatic hydroxyl groups is 1. The Balaban J connectivity index is 1.53. The van der Waals surface area contributed by atoms with Gasteiger partial charge in [0, 0.05) is 37.2 Å². The van der Waals surface area contributed by atoms with Crippen LogP contribution in [0.4, 0.5) is 10.1 Å². The standard InChI is InChI=1S/C24H33FN6O5S/c1-24(2,3)21(31-13-19(27-29-31)14-8-9-14)23(34)30-12-15(32)10-20(30)22(33)26-11-16-17(25)6-5-7-18(16)28-37(4,35)36/h5-7,13-15,20-21,28,32H,8-12H2,1-4H3,(H,26,33)/t15?,20?,21-/m1/s1. The molecule has 3 N–H and O–H groups in total. The molecule has 37 heavy (non-hydrogen) atoms. The fourth-order valence-electron chi connectivity index (χ4n) is 4.65. The smallest absolute Gasteiger partial charge is 0.248 e. The van der Waals surface area contributed by atoms with Crippen LogP contribution in [-0.2, 0) is 26.2 Å². The highest BCUT2D eigenvalue weighted by atomic mass is 32.2. The van der Waals surface area contributed by atoms with Gasteiger partial charge in [0.2, 0.25) is 21.8 Å². The number of carbonyl (C=O) groups is 2. The lowest BCUT2D eigenvalue weighted by Crippen LogP contribution is -2.50. The van der Waals surface area contributed by atoms with Crippen molar-refractivity contribution >= 4 is 27.5 Å². The van der Waals surface area contributed by atoms with Crippen LogP contribution in [0.1, 0.15) is 63.3 Å². The summed E-state index contributed by atoms with van der Waals surface area (Å²) in [4.78, 5) is 28.3. The summed E-state index contributed by atoms with van der Waals surface area (Å²) in [5.41, 5.74) is 0.230. The van der Waals surface area contributed by atoms with Gasteiger partial charge in [0.25, 0.3) is 0 Å². The van der Waals surface area contributed by atoms with Gasteiger partial charge in [-0.3, -0.25) is 14.3 Å². The van der Waals surface area contributed by atoms with Crippen molar-refractivity contribution in [1.29, 1.82) is 0 Å². The van der Waals surface area contributed by atoms with Crippen molar-refractivity contribution in [1.82, 2.24) is 25.2 Å². The molecule has 4 rings (SSSR count). The van der Waals surface area contributed by atoms with Gasteiger partial charge in [-0.05, 0) is 30.4 Å². The Kier molecular flexibility index (Phi) is 7.30. The number of anilines is 1. The molecule has 13 heteroatoms. The van der Waals surface area contributed by atoms with Gasteiger partial charge < -0.3 is 15.3 Å². The Morgan fingerprint density at radius 1 is 1.27 bits per heavy atom. The van der Waals surface area contributed by atoms with Gasteiger partial charge in [-0.25, -0.2) is 17.5 Å². The van der Waals surface area contributed by atoms with E-state index in [-0.39, 0.29) is 36.7 Å². The first-order valence-corrected chi connectivity index (χ1v) is 14.1. The second kappa shape index (κ2) is 10.0. The molecule has 11 nitrogen and oxygen atoms in total. The van der Waals surface area contributed by atoms with Crippen molar-refractivity contribution in [2.24, 2.45) is 5.41 Å². The molecule has 2 heterocycles. The number of nitrogens with zero attached hydrogens (tertiary/aromatic N) is 4. The van der Waals surface area contributed by atoms with Crippen molar-refractivity contribution in [2.75, 3.05) is 17.5 Å². The number of β-amino-alcohol motifs (C(OH)–C–C–N with tert-alkyl or cyclic N) is 1. The third-order valence-corrected chi connectivity index (χ3v) is 7.15. The summed E-state index contributed by atoms with van der Waals surface area (Å²) >= 11 is 0. The first-order chi connectivity index (χ1) is 17.2. The normalized spacial score (nSPS) is 21.1. The lowest BCUT2D eigenvalue weighted by Gasteiger charge is -2.34. The highest BCUT2D eigenvalue weighted by molar-refractivity contribution is 7.92. The van der Waals surface area contributed by atoms with Crippen LogP contribution in [0.3, 0.4) is 0 Å². The zero-order valence-electron chi connectivity index (χ0n) is 21.3. The van der Waals surface area contributed by atoms with E-state index in [0.29, 0.717) is 5.92 Å². The van der Waals surface area contributed by atoms with Crippen molar-refractivity contribution < 1.29 is 27.5 Å². The van der Waals surface area contributed by atoms with E-state index in [1.807, 2.05) is 20.8 Å². The van der Waals surface area contributed by atoms with Crippen LogP contribution in [0.2, 0.25) is 0 Å². The molecule has 1 aromatic heterocycles. The van der Waals surface area contributed by atoms with Gasteiger partial charge in [-0.15, -0.1) is 5.10 Å². The summed E-state index contributed by atoms with van der Waals surface area (Å²) in [6, 6.07) is 2.16. The molecule has 1 aliphatic heterocycles. The number of halogens is 1. The molecule has 0 spiro atoms. The number of sulfonamides is 1. The predicted molar refractivity (Wildman–Crippen MR) is 133 cm³/mol. The second-order valence-corrected chi connectivity index (χ2v) is 12.7. The average Bonchev–Trinajstić information content (AvgIpc) is 3.38. The lowest BCUT2D eigenvalue weighted by atomic mass is 9.85. The molecule has 1 aliphatic carbocycles. The molecule has 2 aromatic rings. The third-order valence-electron chi connectivity index (χ3n) is 6.56. The number of rotatable bonds is 8. The molecule has 2 aliphatic rings. The van der Waals surface area contributed by atoms with E-state index < -0.39 is 45.4 Å². The maximum absolute atomic E-state index is 14.5. The summed E-state index contributed by atoms with van der Waals surface area (Å²) in [5.74, 6) is -1.29. The van der Waals surface area contributed by atoms with Gasteiger partial charge in [0.15, 0.2) is 0 Å². The van der Waals surface area contributed by atoms with Crippen molar-refractivity contribution in [2.45, 2.75) is 70.7 Å². The zero-order valence-corrected chi connectivity index (χ0v) is 22.1. The molecule has 202 valence electrons. The molecule has 2 fully saturated rings. The predicted octanol–water partition coefficient (Wildman–Crippen LogP) is 1.53. The minimum atomic E-state index is -3.68. The number of hydrogen-bond donors (Lipinski definition) is 3. The van der Waals surface area contributed by atoms with E-state index in [0.717, 1.165) is 30.9 Å². The highest BCUT2D eigenvalue weighted by Crippen LogP contribution is 2.40. The number of aliphatic hydroxyl groups excluding tert-OH is 1. The minimum absolute atomic E-state index is 0.00707. The average molecular weight is 537 g/mol. The fraction of sp³-hybridized carbons (Fsp3) is 0.583. The molecule has 2 unspecified atom stereocenters. The Morgan fingerprint density at radius 2 is 1.97 bits per heavy atom. The van der Waals surface area contributed by atoms with E-state index in [4.69, 9.17) is 0 Å². The van der Waals surface area contributed by atoms with Gasteiger partial charge in [0.05, 0.1) is 23.7 Å². The molecule has 2 amide bonds. The van der Waals surface area contributed by atoms with Crippen LogP contribution in [0, 0.1) is 11.2 Å². The number of likely N-dealkylation sites (tertiary alicyclic amines) is 1. The summed E-state index contributed by atoms with van der Waals surface area (Å²) < 4.78 is 41.6. The number of hydrogen-bond acceptors (Lipinski definition) is 7. The lowest BCUT2D eigenvalue weighted by molar-refractivity contribution is -0.144. The number of nitrogens with one attached hydrogen (secondary N) is 2. The van der Waals surface area contributed by atoms with Crippen LogP contribution in [0.5, 0.6) is 0 Å². The van der Waals surface area contributed by atoms with Crippen LogP contribution < -0.4 is 10.0 Å². The monoisotopic (exact) mass is 536 g/mol. The highest BCUT2D eigenvalue weighted by Gasteiger charge is 2.45. The first-order valence-electron chi connectivity index (χ1n) is 12.2. The number of amides is 2. The SMILES string of the molecule is CC(C)(C)[C@@H](C(=O)N1CC(O)CC1C(=O)NCc1c(F)cccc1NS(C)(=O)=O)n1cc(C2CC2)nn1. The fourth-order valence-corrected chi connectivity index (χ4v) is 5.24. The van der Waals surface area contributed by atoms with Crippen LogP contribution in [0.15, 0.2) is 24.4 Å². The largest absolute Gasteiger partial charge is 0.391 e. The zero-order chi connectivity index (χ0) is 27.1. The van der Waals surface area contributed by atoms with Crippen molar-refractivity contribution in [3.8, 4) is 0 Å². The summed E-state index contributed by atoms with van der Waals surface area (Å²) in [7, 11) is -3.68. The minimum Gasteiger partial charge on any atom is -0.391 e. The second-order valence-electron chi connectivity index (χ2n) is 10.9. The van der Waals surface area contributed by atoms with E-state index in [9.17, 15) is 27.5 Å². The van der Waals surface area contributed by atoms with Crippen molar-refractivity contribution in [3.63, 3.8) is 0 Å². The Hall–Kier alpha value is -3.06. The summed E-state index contributed by atoms with van der Waals surface area (Å²) in [6.07, 6.45) is 3.91. The van der Waals surface area contributed by atoms with Gasteiger partial charge in [0.1, 0.15) is 17.9 Å². The number of benzene rings is 1. The molecular weight excluding hydrogens is 503 g/mol. The van der Waals surface area contributed by atoms with Crippen LogP contribution >= 0.6 is 0 Å². The molecule has 0 radical (unpaired) electrons. The Labute approximate surface area is 215 Å². The van der Waals surface area contributed by atoms with E-state index in [2.05, 4.69) is 20.4 Å². The van der Waals surface area contributed by atoms with Crippen LogP contribution in [-0.4, -0.2) is 70.2 Å². The summed E-state index contributed by atoms with van der Waals surface area (Å²) in [5, 5.41) is 21.4. The molecule has 0 bridgehead atoms. The van der Waals surface area contributed by atoms with E-state index >= 15 is 0 Å². The number of carbonyl (C=O) groups excluding carboxylic acids is 2. The molecular formula is C24H33FN6O5S.